The standard InChI is InChI=1S/C16H25F3N4O/c1-2-3-4-5-6-7-15(24)20-11-14-22-21-13-10-12(16(17,18)19)8-9-23(13)14/h12H,2-11H2,1H3,(H,20,24). The number of carbonyl (C=O) groups is 1. The van der Waals surface area contributed by atoms with Crippen LogP contribution in [0.4, 0.5) is 13.2 Å². The zero-order chi connectivity index (χ0) is 17.6. The molecule has 0 fully saturated rings. The molecule has 1 unspecified atom stereocenters. The van der Waals surface area contributed by atoms with Crippen LogP contribution in [-0.4, -0.2) is 26.8 Å². The highest BCUT2D eigenvalue weighted by atomic mass is 19.4. The molecule has 24 heavy (non-hydrogen) atoms. The number of alkyl halides is 3. The minimum Gasteiger partial charge on any atom is -0.349 e. The Bertz CT molecular complexity index is 542. The van der Waals surface area contributed by atoms with Gasteiger partial charge in [0.2, 0.25) is 5.91 Å². The molecule has 2 rings (SSSR count). The molecular weight excluding hydrogens is 321 g/mol. The Kier molecular flexibility index (Phi) is 6.62. The van der Waals surface area contributed by atoms with Crippen molar-refractivity contribution in [3.05, 3.63) is 11.6 Å². The SMILES string of the molecule is CCCCCCCC(=O)NCc1nnc2n1CCC(C(F)(F)F)C2. The van der Waals surface area contributed by atoms with Crippen molar-refractivity contribution in [1.82, 2.24) is 20.1 Å². The Morgan fingerprint density at radius 1 is 1.25 bits per heavy atom. The van der Waals surface area contributed by atoms with Gasteiger partial charge in [0, 0.05) is 19.4 Å². The topological polar surface area (TPSA) is 59.8 Å². The molecule has 0 bridgehead atoms. The predicted octanol–water partition coefficient (Wildman–Crippen LogP) is 3.38. The van der Waals surface area contributed by atoms with Crippen molar-refractivity contribution >= 4 is 5.91 Å². The number of rotatable bonds is 8. The van der Waals surface area contributed by atoms with Crippen molar-refractivity contribution < 1.29 is 18.0 Å². The smallest absolute Gasteiger partial charge is 0.349 e. The van der Waals surface area contributed by atoms with E-state index < -0.39 is 12.1 Å². The maximum absolute atomic E-state index is 12.8. The first-order chi connectivity index (χ1) is 11.4. The van der Waals surface area contributed by atoms with Crippen LogP contribution in [0, 0.1) is 5.92 Å². The van der Waals surface area contributed by atoms with E-state index in [2.05, 4.69) is 22.4 Å². The average Bonchev–Trinajstić information content (AvgIpc) is 2.94. The van der Waals surface area contributed by atoms with E-state index in [1.165, 1.54) is 12.8 Å². The molecule has 8 heteroatoms. The number of nitrogens with zero attached hydrogens (tertiary/aromatic N) is 3. The highest BCUT2D eigenvalue weighted by Crippen LogP contribution is 2.34. The van der Waals surface area contributed by atoms with Gasteiger partial charge in [-0.05, 0) is 12.8 Å². The molecule has 2 heterocycles. The van der Waals surface area contributed by atoms with Crippen LogP contribution in [0.2, 0.25) is 0 Å². The van der Waals surface area contributed by atoms with E-state index >= 15 is 0 Å². The van der Waals surface area contributed by atoms with E-state index in [9.17, 15) is 18.0 Å². The molecule has 1 aliphatic heterocycles. The van der Waals surface area contributed by atoms with Gasteiger partial charge in [0.25, 0.3) is 0 Å². The summed E-state index contributed by atoms with van der Waals surface area (Å²) < 4.78 is 40.0. The van der Waals surface area contributed by atoms with Gasteiger partial charge < -0.3 is 9.88 Å². The van der Waals surface area contributed by atoms with Gasteiger partial charge in [0.05, 0.1) is 12.5 Å². The summed E-state index contributed by atoms with van der Waals surface area (Å²) in [6.45, 7) is 2.61. The van der Waals surface area contributed by atoms with Gasteiger partial charge in [0.1, 0.15) is 5.82 Å². The van der Waals surface area contributed by atoms with E-state index in [0.29, 0.717) is 18.1 Å². The molecule has 5 nitrogen and oxygen atoms in total. The molecule has 1 amide bonds. The molecule has 1 aromatic heterocycles. The minimum atomic E-state index is -4.19. The van der Waals surface area contributed by atoms with E-state index in [4.69, 9.17) is 0 Å². The fourth-order valence-corrected chi connectivity index (χ4v) is 2.95. The number of hydrogen-bond donors (Lipinski definition) is 1. The molecule has 136 valence electrons. The highest BCUT2D eigenvalue weighted by molar-refractivity contribution is 5.75. The lowest BCUT2D eigenvalue weighted by atomic mass is 9.97. The summed E-state index contributed by atoms with van der Waals surface area (Å²) in [5.41, 5.74) is 0. The third-order valence-electron chi connectivity index (χ3n) is 4.45. The monoisotopic (exact) mass is 346 g/mol. The van der Waals surface area contributed by atoms with Crippen LogP contribution in [-0.2, 0) is 24.3 Å². The molecule has 0 saturated carbocycles. The van der Waals surface area contributed by atoms with Crippen LogP contribution >= 0.6 is 0 Å². The van der Waals surface area contributed by atoms with Crippen molar-refractivity contribution in [2.75, 3.05) is 0 Å². The third kappa shape index (κ3) is 5.21. The van der Waals surface area contributed by atoms with E-state index in [1.54, 1.807) is 4.57 Å². The molecule has 0 saturated heterocycles. The third-order valence-corrected chi connectivity index (χ3v) is 4.45. The number of amides is 1. The first-order valence-electron chi connectivity index (χ1n) is 8.66. The number of aromatic nitrogens is 3. The van der Waals surface area contributed by atoms with Gasteiger partial charge >= 0.3 is 6.18 Å². The largest absolute Gasteiger partial charge is 0.392 e. The summed E-state index contributed by atoms with van der Waals surface area (Å²) in [7, 11) is 0. The van der Waals surface area contributed by atoms with Crippen molar-refractivity contribution in [2.24, 2.45) is 5.92 Å². The lowest BCUT2D eigenvalue weighted by molar-refractivity contribution is -0.179. The van der Waals surface area contributed by atoms with Crippen LogP contribution in [0.5, 0.6) is 0 Å². The Balaban J connectivity index is 1.77. The lowest BCUT2D eigenvalue weighted by Crippen LogP contribution is -2.32. The van der Waals surface area contributed by atoms with Gasteiger partial charge in [0.15, 0.2) is 5.82 Å². The summed E-state index contributed by atoms with van der Waals surface area (Å²) in [4.78, 5) is 11.8. The number of halogens is 3. The fraction of sp³-hybridized carbons (Fsp3) is 0.812. The second kappa shape index (κ2) is 8.48. The molecule has 1 aromatic rings. The summed E-state index contributed by atoms with van der Waals surface area (Å²) in [6, 6.07) is 0. The van der Waals surface area contributed by atoms with E-state index in [1.807, 2.05) is 0 Å². The van der Waals surface area contributed by atoms with Gasteiger partial charge in [-0.25, -0.2) is 0 Å². The summed E-state index contributed by atoms with van der Waals surface area (Å²) >= 11 is 0. The number of fused-ring (bicyclic) bond motifs is 1. The number of nitrogens with one attached hydrogen (secondary N) is 1. The van der Waals surface area contributed by atoms with Gasteiger partial charge in [-0.3, -0.25) is 4.79 Å². The summed E-state index contributed by atoms with van der Waals surface area (Å²) in [5, 5.41) is 10.6. The number of hydrogen-bond acceptors (Lipinski definition) is 3. The molecule has 1 aliphatic rings. The van der Waals surface area contributed by atoms with Crippen molar-refractivity contribution in [1.29, 1.82) is 0 Å². The van der Waals surface area contributed by atoms with Crippen molar-refractivity contribution in [3.63, 3.8) is 0 Å². The maximum Gasteiger partial charge on any atom is 0.392 e. The van der Waals surface area contributed by atoms with Crippen LogP contribution in [0.1, 0.15) is 63.5 Å². The average molecular weight is 346 g/mol. The molecular formula is C16H25F3N4O. The number of carbonyl (C=O) groups excluding carboxylic acids is 1. The Hall–Kier alpha value is -1.60. The summed E-state index contributed by atoms with van der Waals surface area (Å²) in [6.07, 6.45) is 1.57. The van der Waals surface area contributed by atoms with Crippen LogP contribution in [0.15, 0.2) is 0 Å². The fourth-order valence-electron chi connectivity index (χ4n) is 2.95. The second-order valence-electron chi connectivity index (χ2n) is 6.36. The van der Waals surface area contributed by atoms with Crippen LogP contribution in [0.3, 0.4) is 0 Å². The zero-order valence-electron chi connectivity index (χ0n) is 14.0. The van der Waals surface area contributed by atoms with Gasteiger partial charge in [-0.1, -0.05) is 32.6 Å². The molecule has 0 aromatic carbocycles. The summed E-state index contributed by atoms with van der Waals surface area (Å²) in [5.74, 6) is -0.509. The van der Waals surface area contributed by atoms with E-state index in [0.717, 1.165) is 19.3 Å². The first kappa shape index (κ1) is 18.7. The lowest BCUT2D eigenvalue weighted by Gasteiger charge is -2.25. The Morgan fingerprint density at radius 2 is 2.00 bits per heavy atom. The van der Waals surface area contributed by atoms with Crippen molar-refractivity contribution in [3.8, 4) is 0 Å². The minimum absolute atomic E-state index is 0.0346. The molecule has 1 N–H and O–H groups in total. The Morgan fingerprint density at radius 3 is 2.71 bits per heavy atom. The maximum atomic E-state index is 12.8. The van der Waals surface area contributed by atoms with Crippen LogP contribution < -0.4 is 5.32 Å². The predicted molar refractivity (Wildman–Crippen MR) is 83.1 cm³/mol. The van der Waals surface area contributed by atoms with Crippen LogP contribution in [0.25, 0.3) is 0 Å². The number of unbranched alkanes of at least 4 members (excludes halogenated alkanes) is 4. The zero-order valence-corrected chi connectivity index (χ0v) is 14.0. The molecule has 0 radical (unpaired) electrons. The van der Waals surface area contributed by atoms with Gasteiger partial charge in [-0.15, -0.1) is 10.2 Å². The van der Waals surface area contributed by atoms with Gasteiger partial charge in [-0.2, -0.15) is 13.2 Å². The molecule has 0 spiro atoms. The first-order valence-corrected chi connectivity index (χ1v) is 8.66. The highest BCUT2D eigenvalue weighted by Gasteiger charge is 2.42. The quantitative estimate of drug-likeness (QED) is 0.734. The normalized spacial score (nSPS) is 17.6. The van der Waals surface area contributed by atoms with Crippen molar-refractivity contribution in [2.45, 2.75) is 77.6 Å². The Labute approximate surface area is 140 Å². The van der Waals surface area contributed by atoms with E-state index in [-0.39, 0.29) is 31.8 Å². The molecule has 1 atom stereocenters. The second-order valence-corrected chi connectivity index (χ2v) is 6.36. The molecule has 0 aliphatic carbocycles.